The van der Waals surface area contributed by atoms with E-state index in [1.165, 1.54) is 36.2 Å². The summed E-state index contributed by atoms with van der Waals surface area (Å²) < 4.78 is 29.2. The highest BCUT2D eigenvalue weighted by atomic mass is 35.5. The van der Waals surface area contributed by atoms with E-state index in [0.717, 1.165) is 9.87 Å². The van der Waals surface area contributed by atoms with E-state index in [1.807, 2.05) is 30.3 Å². The molecule has 0 aromatic heterocycles. The van der Waals surface area contributed by atoms with Crippen LogP contribution in [0.25, 0.3) is 0 Å². The van der Waals surface area contributed by atoms with Crippen molar-refractivity contribution in [1.82, 2.24) is 10.2 Å². The maximum atomic E-state index is 14.4. The second kappa shape index (κ2) is 14.3. The SMILES string of the molecule is CNC(=O)C(Cc1ccccc1)N(Cc1c(Cl)cccc1Cl)C(=O)CN(c1ccccc1C)S(=O)(=O)c1ccc(Cl)cc1. The number of hydrogen-bond donors (Lipinski definition) is 1. The molecule has 0 saturated carbocycles. The van der Waals surface area contributed by atoms with Gasteiger partial charge in [-0.2, -0.15) is 0 Å². The smallest absolute Gasteiger partial charge is 0.264 e. The van der Waals surface area contributed by atoms with Crippen LogP contribution in [0.2, 0.25) is 15.1 Å². The first-order valence-corrected chi connectivity index (χ1v) is 15.9. The van der Waals surface area contributed by atoms with Crippen LogP contribution in [0.15, 0.2) is 102 Å². The first kappa shape index (κ1) is 32.4. The van der Waals surface area contributed by atoms with Crippen LogP contribution >= 0.6 is 34.8 Å². The van der Waals surface area contributed by atoms with Crippen molar-refractivity contribution in [1.29, 1.82) is 0 Å². The third-order valence-electron chi connectivity index (χ3n) is 6.97. The van der Waals surface area contributed by atoms with Gasteiger partial charge in [0.05, 0.1) is 10.6 Å². The topological polar surface area (TPSA) is 86.8 Å². The molecule has 43 heavy (non-hydrogen) atoms. The fourth-order valence-corrected chi connectivity index (χ4v) is 6.79. The molecule has 0 bridgehead atoms. The number of carbonyl (C=O) groups is 2. The van der Waals surface area contributed by atoms with E-state index in [9.17, 15) is 18.0 Å². The molecule has 4 rings (SSSR count). The zero-order valence-electron chi connectivity index (χ0n) is 23.5. The number of halogens is 3. The molecule has 224 valence electrons. The molecule has 4 aromatic rings. The van der Waals surface area contributed by atoms with Crippen LogP contribution in [0.1, 0.15) is 16.7 Å². The number of aryl methyl sites for hydroxylation is 1. The highest BCUT2D eigenvalue weighted by Gasteiger charge is 2.35. The van der Waals surface area contributed by atoms with Crippen molar-refractivity contribution in [3.63, 3.8) is 0 Å². The van der Waals surface area contributed by atoms with Gasteiger partial charge in [0, 0.05) is 40.6 Å². The molecule has 0 fully saturated rings. The molecule has 0 spiro atoms. The number of hydrogen-bond acceptors (Lipinski definition) is 4. The van der Waals surface area contributed by atoms with Gasteiger partial charge in [0.25, 0.3) is 10.0 Å². The van der Waals surface area contributed by atoms with Crippen molar-refractivity contribution < 1.29 is 18.0 Å². The van der Waals surface area contributed by atoms with Gasteiger partial charge in [0.2, 0.25) is 11.8 Å². The Bertz CT molecular complexity index is 1680. The summed E-state index contributed by atoms with van der Waals surface area (Å²) in [5.41, 5.74) is 2.20. The standard InChI is InChI=1S/C32H30Cl3N3O4S/c1-22-9-6-7-14-29(22)38(43(41,42)25-17-15-24(33)16-18-25)21-31(39)37(20-26-27(34)12-8-13-28(26)35)30(32(40)36-2)19-23-10-4-3-5-11-23/h3-18,30H,19-21H2,1-2H3,(H,36,40). The quantitative estimate of drug-likeness (QED) is 0.198. The summed E-state index contributed by atoms with van der Waals surface area (Å²) in [5, 5.41) is 3.64. The van der Waals surface area contributed by atoms with E-state index < -0.39 is 34.4 Å². The largest absolute Gasteiger partial charge is 0.357 e. The molecule has 0 radical (unpaired) electrons. The molecule has 11 heteroatoms. The van der Waals surface area contributed by atoms with Gasteiger partial charge in [-0.25, -0.2) is 8.42 Å². The number of amides is 2. The number of nitrogens with one attached hydrogen (secondary N) is 1. The fourth-order valence-electron chi connectivity index (χ4n) is 4.66. The van der Waals surface area contributed by atoms with Crippen molar-refractivity contribution in [3.8, 4) is 0 Å². The Kier molecular flexibility index (Phi) is 10.7. The fraction of sp³-hybridized carbons (Fsp3) is 0.188. The van der Waals surface area contributed by atoms with Gasteiger partial charge in [-0.05, 0) is 60.5 Å². The van der Waals surface area contributed by atoms with Crippen LogP contribution in [0.4, 0.5) is 5.69 Å². The molecule has 1 unspecified atom stereocenters. The number of sulfonamides is 1. The summed E-state index contributed by atoms with van der Waals surface area (Å²) in [5.74, 6) is -1.05. The first-order chi connectivity index (χ1) is 20.5. The average molecular weight is 659 g/mol. The number of anilines is 1. The Morgan fingerprint density at radius 3 is 2.02 bits per heavy atom. The molecular weight excluding hydrogens is 629 g/mol. The molecule has 7 nitrogen and oxygen atoms in total. The van der Waals surface area contributed by atoms with Crippen LogP contribution in [-0.2, 0) is 32.6 Å². The Morgan fingerprint density at radius 1 is 0.814 bits per heavy atom. The molecular formula is C32H30Cl3N3O4S. The summed E-state index contributed by atoms with van der Waals surface area (Å²) in [4.78, 5) is 29.0. The lowest BCUT2D eigenvalue weighted by atomic mass is 10.0. The predicted octanol–water partition coefficient (Wildman–Crippen LogP) is 6.54. The van der Waals surface area contributed by atoms with Gasteiger partial charge >= 0.3 is 0 Å². The highest BCUT2D eigenvalue weighted by molar-refractivity contribution is 7.92. The Hall–Kier alpha value is -3.56. The zero-order valence-corrected chi connectivity index (χ0v) is 26.6. The minimum atomic E-state index is -4.25. The average Bonchev–Trinajstić information content (AvgIpc) is 2.99. The van der Waals surface area contributed by atoms with E-state index in [0.29, 0.717) is 31.9 Å². The number of likely N-dealkylation sites (N-methyl/N-ethyl adjacent to an activating group) is 1. The van der Waals surface area contributed by atoms with Gasteiger partial charge in [0.1, 0.15) is 12.6 Å². The van der Waals surface area contributed by atoms with Crippen LogP contribution in [-0.4, -0.2) is 44.8 Å². The maximum Gasteiger partial charge on any atom is 0.264 e. The number of nitrogens with zero attached hydrogens (tertiary/aromatic N) is 2. The molecule has 1 N–H and O–H groups in total. The van der Waals surface area contributed by atoms with Gasteiger partial charge in [0.15, 0.2) is 0 Å². The number of para-hydroxylation sites is 1. The maximum absolute atomic E-state index is 14.4. The molecule has 0 saturated heterocycles. The van der Waals surface area contributed by atoms with Gasteiger partial charge in [-0.1, -0.05) is 89.4 Å². The van der Waals surface area contributed by atoms with Crippen LogP contribution in [0.5, 0.6) is 0 Å². The van der Waals surface area contributed by atoms with Crippen molar-refractivity contribution in [2.75, 3.05) is 17.9 Å². The second-order valence-electron chi connectivity index (χ2n) is 9.79. The Morgan fingerprint density at radius 2 is 1.42 bits per heavy atom. The normalized spacial score (nSPS) is 11.9. The first-order valence-electron chi connectivity index (χ1n) is 13.3. The minimum absolute atomic E-state index is 0.0409. The summed E-state index contributed by atoms with van der Waals surface area (Å²) in [7, 11) is -2.76. The lowest BCUT2D eigenvalue weighted by molar-refractivity contribution is -0.139. The second-order valence-corrected chi connectivity index (χ2v) is 12.9. The predicted molar refractivity (Wildman–Crippen MR) is 172 cm³/mol. The molecule has 1 atom stereocenters. The molecule has 4 aromatic carbocycles. The van der Waals surface area contributed by atoms with Crippen molar-refractivity contribution in [3.05, 3.63) is 129 Å². The van der Waals surface area contributed by atoms with Crippen LogP contribution in [0, 0.1) is 6.92 Å². The highest BCUT2D eigenvalue weighted by Crippen LogP contribution is 2.30. The summed E-state index contributed by atoms with van der Waals surface area (Å²) >= 11 is 19.0. The lowest BCUT2D eigenvalue weighted by Crippen LogP contribution is -2.53. The molecule has 2 amide bonds. The monoisotopic (exact) mass is 657 g/mol. The third kappa shape index (κ3) is 7.70. The van der Waals surface area contributed by atoms with E-state index in [4.69, 9.17) is 34.8 Å². The van der Waals surface area contributed by atoms with Crippen LogP contribution < -0.4 is 9.62 Å². The molecule has 0 heterocycles. The number of carbonyl (C=O) groups excluding carboxylic acids is 2. The van der Waals surface area contributed by atoms with E-state index in [1.54, 1.807) is 49.4 Å². The Balaban J connectivity index is 1.83. The third-order valence-corrected chi connectivity index (χ3v) is 9.71. The van der Waals surface area contributed by atoms with Crippen molar-refractivity contribution in [2.24, 2.45) is 0 Å². The van der Waals surface area contributed by atoms with E-state index in [2.05, 4.69) is 5.32 Å². The number of benzene rings is 4. The van der Waals surface area contributed by atoms with Gasteiger partial charge < -0.3 is 10.2 Å². The van der Waals surface area contributed by atoms with Crippen LogP contribution in [0.3, 0.4) is 0 Å². The van der Waals surface area contributed by atoms with E-state index >= 15 is 0 Å². The lowest BCUT2D eigenvalue weighted by Gasteiger charge is -2.34. The molecule has 0 aliphatic heterocycles. The van der Waals surface area contributed by atoms with Crippen molar-refractivity contribution in [2.45, 2.75) is 30.8 Å². The van der Waals surface area contributed by atoms with Crippen molar-refractivity contribution >= 4 is 62.3 Å². The molecule has 0 aliphatic rings. The van der Waals surface area contributed by atoms with Gasteiger partial charge in [-0.15, -0.1) is 0 Å². The zero-order chi connectivity index (χ0) is 31.1. The summed E-state index contributed by atoms with van der Waals surface area (Å²) in [6.45, 7) is 1.03. The summed E-state index contributed by atoms with van der Waals surface area (Å²) in [6.07, 6.45) is 0.169. The minimum Gasteiger partial charge on any atom is -0.357 e. The number of rotatable bonds is 11. The molecule has 0 aliphatic carbocycles. The van der Waals surface area contributed by atoms with Gasteiger partial charge in [-0.3, -0.25) is 13.9 Å². The van der Waals surface area contributed by atoms with E-state index in [-0.39, 0.29) is 17.9 Å². The summed E-state index contributed by atoms with van der Waals surface area (Å²) in [6, 6.07) is 25.8. The Labute approximate surface area is 267 Å².